The van der Waals surface area contributed by atoms with Crippen LogP contribution in [0.15, 0.2) is 0 Å². The van der Waals surface area contributed by atoms with Gasteiger partial charge in [-0.1, -0.05) is 0 Å². The third-order valence-corrected chi connectivity index (χ3v) is 2.50. The molecule has 0 amide bonds. The summed E-state index contributed by atoms with van der Waals surface area (Å²) in [5.41, 5.74) is 0. The van der Waals surface area contributed by atoms with Crippen molar-refractivity contribution in [3.05, 3.63) is 5.90 Å². The van der Waals surface area contributed by atoms with Gasteiger partial charge in [0.05, 0.1) is 6.67 Å². The first-order valence-corrected chi connectivity index (χ1v) is 4.21. The van der Waals surface area contributed by atoms with Crippen molar-refractivity contribution < 1.29 is 41.9 Å². The third-order valence-electron chi connectivity index (χ3n) is 2.50. The summed E-state index contributed by atoms with van der Waals surface area (Å²) in [5, 5.41) is 0. The predicted octanol–water partition coefficient (Wildman–Crippen LogP) is 2.74. The van der Waals surface area contributed by atoms with E-state index in [0.29, 0.717) is 12.5 Å². The van der Waals surface area contributed by atoms with Crippen molar-refractivity contribution >= 4 is 0 Å². The van der Waals surface area contributed by atoms with Crippen molar-refractivity contribution in [1.82, 2.24) is 0 Å². The summed E-state index contributed by atoms with van der Waals surface area (Å²) in [7, 11) is 0. The van der Waals surface area contributed by atoms with Crippen LogP contribution in [0.5, 0.6) is 0 Å². The normalized spacial score (nSPS) is 29.5. The van der Waals surface area contributed by atoms with Crippen LogP contribution in [-0.4, -0.2) is 13.3 Å². The molecule has 12 heavy (non-hydrogen) atoms. The van der Waals surface area contributed by atoms with Crippen molar-refractivity contribution in [1.29, 1.82) is 0 Å². The molecule has 4 heteroatoms. The molecule has 69 valence electrons. The van der Waals surface area contributed by atoms with Gasteiger partial charge in [-0.05, 0) is 37.5 Å². The topological polar surface area (TPSA) is 33.0 Å². The van der Waals surface area contributed by atoms with Crippen LogP contribution in [0.25, 0.3) is 5.90 Å². The molecule has 1 radical (unpaired) electrons. The van der Waals surface area contributed by atoms with Crippen molar-refractivity contribution in [2.24, 2.45) is 11.8 Å². The van der Waals surface area contributed by atoms with E-state index in [9.17, 15) is 4.39 Å². The molecule has 0 aromatic carbocycles. The molecule has 1 fully saturated rings. The monoisotopic (exact) mass is 248 g/mol. The van der Waals surface area contributed by atoms with E-state index in [1.54, 1.807) is 0 Å². The Morgan fingerprint density at radius 2 is 1.67 bits per heavy atom. The maximum absolute atomic E-state index is 12.1. The molecule has 1 saturated carbocycles. The fourth-order valence-corrected chi connectivity index (χ4v) is 1.67. The van der Waals surface area contributed by atoms with E-state index < -0.39 is 0 Å². The van der Waals surface area contributed by atoms with Crippen LogP contribution in [0.1, 0.15) is 25.7 Å². The van der Waals surface area contributed by atoms with E-state index in [0.717, 1.165) is 25.7 Å². The molecule has 0 unspecified atom stereocenters. The Balaban J connectivity index is 0.00000121. The standard InChI is InChI=1S/C8H15FNO.Y/c9-5-7-1-3-8(4-2-7)6-11-10;/h7-8,10H,1-6H2;/q-1;/i9-1;. The molecule has 0 aromatic rings. The van der Waals surface area contributed by atoms with Crippen molar-refractivity contribution in [2.45, 2.75) is 25.7 Å². The van der Waals surface area contributed by atoms with Gasteiger partial charge in [-0.2, -0.15) is 0 Å². The minimum Gasteiger partial charge on any atom is -0.549 e. The van der Waals surface area contributed by atoms with Crippen LogP contribution >= 0.6 is 0 Å². The van der Waals surface area contributed by atoms with Gasteiger partial charge in [-0.3, -0.25) is 4.39 Å². The third kappa shape index (κ3) is 4.26. The number of halogens is 1. The molecule has 0 saturated heterocycles. The summed E-state index contributed by atoms with van der Waals surface area (Å²) in [6.07, 6.45) is 4.02. The maximum Gasteiger partial charge on any atom is 0.0922 e. The summed E-state index contributed by atoms with van der Waals surface area (Å²) < 4.78 is 12.1. The summed E-state index contributed by atoms with van der Waals surface area (Å²) >= 11 is 0. The Kier molecular flexibility index (Phi) is 7.95. The quantitative estimate of drug-likeness (QED) is 0.707. The summed E-state index contributed by atoms with van der Waals surface area (Å²) in [4.78, 5) is 4.31. The molecule has 0 aliphatic heterocycles. The zero-order valence-electron chi connectivity index (χ0n) is 7.26. The second kappa shape index (κ2) is 7.37. The smallest absolute Gasteiger partial charge is 0.0922 e. The SMILES string of the molecule is [NH-]OCC1CCC(C[18F])CC1.[Y]. The number of hydrogen-bond acceptors (Lipinski definition) is 1. The molecule has 1 aliphatic carbocycles. The van der Waals surface area contributed by atoms with Gasteiger partial charge >= 0.3 is 0 Å². The predicted molar refractivity (Wildman–Crippen MR) is 41.7 cm³/mol. The van der Waals surface area contributed by atoms with Crippen LogP contribution in [0.4, 0.5) is 4.39 Å². The fourth-order valence-electron chi connectivity index (χ4n) is 1.67. The van der Waals surface area contributed by atoms with Gasteiger partial charge in [-0.15, -0.1) is 0 Å². The summed E-state index contributed by atoms with van der Waals surface area (Å²) in [5.74, 6) is 7.36. The molecule has 0 atom stereocenters. The minimum absolute atomic E-state index is 0. The van der Waals surface area contributed by atoms with Crippen LogP contribution in [-0.2, 0) is 37.5 Å². The average molecular weight is 248 g/mol. The van der Waals surface area contributed by atoms with Crippen molar-refractivity contribution in [2.75, 3.05) is 13.3 Å². The zero-order valence-corrected chi connectivity index (χ0v) is 10.1. The molecule has 0 spiro atoms. The number of alkyl halides is 1. The van der Waals surface area contributed by atoms with E-state index in [-0.39, 0.29) is 45.3 Å². The molecule has 1 N–H and O–H groups in total. The Morgan fingerprint density at radius 1 is 1.17 bits per heavy atom. The van der Waals surface area contributed by atoms with Gasteiger partial charge < -0.3 is 10.7 Å². The molecule has 0 aromatic heterocycles. The largest absolute Gasteiger partial charge is 0.549 e. The Labute approximate surface area is 98.2 Å². The van der Waals surface area contributed by atoms with Crippen LogP contribution in [0.3, 0.4) is 0 Å². The number of nitrogens with one attached hydrogen (secondary N) is 1. The van der Waals surface area contributed by atoms with Gasteiger partial charge in [-0.25, -0.2) is 0 Å². The van der Waals surface area contributed by atoms with Gasteiger partial charge in [0.25, 0.3) is 0 Å². The van der Waals surface area contributed by atoms with E-state index in [1.165, 1.54) is 0 Å². The van der Waals surface area contributed by atoms with E-state index in [4.69, 9.17) is 5.90 Å². The maximum atomic E-state index is 12.1. The molecule has 1 rings (SSSR count). The summed E-state index contributed by atoms with van der Waals surface area (Å²) in [6.45, 7) is 0.355. The number of rotatable bonds is 3. The van der Waals surface area contributed by atoms with Gasteiger partial charge in [0.15, 0.2) is 0 Å². The second-order valence-electron chi connectivity index (χ2n) is 3.35. The van der Waals surface area contributed by atoms with Crippen LogP contribution in [0, 0.1) is 11.8 Å². The van der Waals surface area contributed by atoms with Crippen molar-refractivity contribution in [3.8, 4) is 0 Å². The first-order valence-electron chi connectivity index (χ1n) is 4.21. The van der Waals surface area contributed by atoms with Crippen LogP contribution < -0.4 is 0 Å². The van der Waals surface area contributed by atoms with Gasteiger partial charge in [0.2, 0.25) is 0 Å². The molecule has 1 aliphatic rings. The van der Waals surface area contributed by atoms with Crippen LogP contribution in [0.2, 0.25) is 0 Å². The first kappa shape index (κ1) is 13.0. The fraction of sp³-hybridized carbons (Fsp3) is 1.00. The second-order valence-corrected chi connectivity index (χ2v) is 3.35. The zero-order chi connectivity index (χ0) is 8.10. The molecular formula is C8H15FNOY-. The number of hydrogen-bond donors (Lipinski definition) is 0. The van der Waals surface area contributed by atoms with E-state index in [2.05, 4.69) is 4.84 Å². The Morgan fingerprint density at radius 3 is 2.08 bits per heavy atom. The molecule has 0 bridgehead atoms. The Hall–Kier alpha value is 0.954. The molecule has 0 heterocycles. The Bertz CT molecular complexity index is 107. The van der Waals surface area contributed by atoms with E-state index in [1.807, 2.05) is 0 Å². The molecular weight excluding hydrogens is 233 g/mol. The van der Waals surface area contributed by atoms with Gasteiger partial charge in [0, 0.05) is 39.3 Å². The summed E-state index contributed by atoms with van der Waals surface area (Å²) in [6, 6.07) is 0. The van der Waals surface area contributed by atoms with Gasteiger partial charge in [0.1, 0.15) is 0 Å². The molecule has 2 nitrogen and oxygen atoms in total. The van der Waals surface area contributed by atoms with E-state index >= 15 is 0 Å². The first-order chi connectivity index (χ1) is 5.36. The minimum atomic E-state index is -0.172. The average Bonchev–Trinajstić information content (AvgIpc) is 2.07. The van der Waals surface area contributed by atoms with Crippen molar-refractivity contribution in [3.63, 3.8) is 0 Å².